The number of aromatic nitrogens is 1. The molecule has 0 aliphatic rings. The molecule has 1 heterocycles. The van der Waals surface area contributed by atoms with Gasteiger partial charge in [-0.2, -0.15) is 0 Å². The standard InChI is InChI=1S/C14H16N2O2S/c1-18-12-4-5-13(15)14(9-12)19(17)8-6-11-3-2-7-16-10-11/h2-5,7,9-10H,6,8,15H2,1H3. The summed E-state index contributed by atoms with van der Waals surface area (Å²) in [4.78, 5) is 4.66. The molecule has 5 heteroatoms. The number of methoxy groups -OCH3 is 1. The summed E-state index contributed by atoms with van der Waals surface area (Å²) in [6, 6.07) is 9.05. The Morgan fingerprint density at radius 1 is 1.37 bits per heavy atom. The highest BCUT2D eigenvalue weighted by Gasteiger charge is 2.09. The first-order valence-electron chi connectivity index (χ1n) is 5.91. The summed E-state index contributed by atoms with van der Waals surface area (Å²) in [6.07, 6.45) is 4.21. The maximum absolute atomic E-state index is 12.3. The molecule has 0 fully saturated rings. The van der Waals surface area contributed by atoms with Crippen molar-refractivity contribution in [3.8, 4) is 5.75 Å². The highest BCUT2D eigenvalue weighted by molar-refractivity contribution is 7.85. The lowest BCUT2D eigenvalue weighted by Crippen LogP contribution is -2.05. The summed E-state index contributed by atoms with van der Waals surface area (Å²) in [6.45, 7) is 0. The van der Waals surface area contributed by atoms with E-state index in [2.05, 4.69) is 4.98 Å². The Kier molecular flexibility index (Phi) is 4.52. The third-order valence-electron chi connectivity index (χ3n) is 2.76. The molecule has 0 saturated heterocycles. The summed E-state index contributed by atoms with van der Waals surface area (Å²) in [5.74, 6) is 1.18. The number of aryl methyl sites for hydroxylation is 1. The number of ether oxygens (including phenoxy) is 1. The molecule has 0 radical (unpaired) electrons. The predicted octanol–water partition coefficient (Wildman–Crippen LogP) is 2.02. The molecule has 0 amide bonds. The number of nitrogens with two attached hydrogens (primary N) is 1. The summed E-state index contributed by atoms with van der Waals surface area (Å²) in [5.41, 5.74) is 7.45. The fraction of sp³-hybridized carbons (Fsp3) is 0.214. The number of anilines is 1. The molecule has 0 aliphatic carbocycles. The Hall–Kier alpha value is -1.88. The Labute approximate surface area is 115 Å². The van der Waals surface area contributed by atoms with Crippen LogP contribution in [0.3, 0.4) is 0 Å². The minimum atomic E-state index is -1.14. The number of nitrogens with zero attached hydrogens (tertiary/aromatic N) is 1. The zero-order chi connectivity index (χ0) is 13.7. The van der Waals surface area contributed by atoms with E-state index in [1.54, 1.807) is 37.7 Å². The number of hydrogen-bond donors (Lipinski definition) is 1. The monoisotopic (exact) mass is 276 g/mol. The minimum absolute atomic E-state index is 0.517. The summed E-state index contributed by atoms with van der Waals surface area (Å²) < 4.78 is 17.4. The van der Waals surface area contributed by atoms with Crippen LogP contribution in [-0.4, -0.2) is 22.1 Å². The SMILES string of the molecule is COc1ccc(N)c(S(=O)CCc2cccnc2)c1. The zero-order valence-corrected chi connectivity index (χ0v) is 11.5. The summed E-state index contributed by atoms with van der Waals surface area (Å²) >= 11 is 0. The van der Waals surface area contributed by atoms with E-state index >= 15 is 0 Å². The molecule has 100 valence electrons. The molecular weight excluding hydrogens is 260 g/mol. The molecular formula is C14H16N2O2S. The van der Waals surface area contributed by atoms with Crippen LogP contribution in [0.4, 0.5) is 5.69 Å². The van der Waals surface area contributed by atoms with Crippen LogP contribution >= 0.6 is 0 Å². The second-order valence-corrected chi connectivity index (χ2v) is 5.60. The lowest BCUT2D eigenvalue weighted by Gasteiger charge is -2.08. The lowest BCUT2D eigenvalue weighted by atomic mass is 10.2. The van der Waals surface area contributed by atoms with Crippen molar-refractivity contribution >= 4 is 16.5 Å². The highest BCUT2D eigenvalue weighted by Crippen LogP contribution is 2.23. The Morgan fingerprint density at radius 2 is 2.21 bits per heavy atom. The van der Waals surface area contributed by atoms with Crippen LogP contribution in [0.25, 0.3) is 0 Å². The molecule has 1 aromatic heterocycles. The molecule has 0 bridgehead atoms. The van der Waals surface area contributed by atoms with Gasteiger partial charge in [-0.3, -0.25) is 9.19 Å². The van der Waals surface area contributed by atoms with Gasteiger partial charge in [0.2, 0.25) is 0 Å². The summed E-state index contributed by atoms with van der Waals surface area (Å²) in [7, 11) is 0.437. The fourth-order valence-corrected chi connectivity index (χ4v) is 2.92. The second kappa shape index (κ2) is 6.33. The first-order chi connectivity index (χ1) is 9.20. The number of hydrogen-bond acceptors (Lipinski definition) is 4. The fourth-order valence-electron chi connectivity index (χ4n) is 1.71. The van der Waals surface area contributed by atoms with Crippen molar-refractivity contribution in [2.24, 2.45) is 0 Å². The molecule has 1 unspecified atom stereocenters. The van der Waals surface area contributed by atoms with E-state index in [1.807, 2.05) is 12.1 Å². The number of pyridine rings is 1. The van der Waals surface area contributed by atoms with Gasteiger partial charge in [-0.25, -0.2) is 0 Å². The van der Waals surface area contributed by atoms with Gasteiger partial charge in [-0.15, -0.1) is 0 Å². The van der Waals surface area contributed by atoms with Crippen molar-refractivity contribution < 1.29 is 8.95 Å². The van der Waals surface area contributed by atoms with Crippen molar-refractivity contribution in [1.82, 2.24) is 4.98 Å². The molecule has 19 heavy (non-hydrogen) atoms. The quantitative estimate of drug-likeness (QED) is 0.849. The Balaban J connectivity index is 2.08. The number of rotatable bonds is 5. The molecule has 0 spiro atoms. The van der Waals surface area contributed by atoms with E-state index in [0.29, 0.717) is 28.5 Å². The number of nitrogen functional groups attached to an aromatic ring is 1. The normalized spacial score (nSPS) is 12.1. The van der Waals surface area contributed by atoms with E-state index in [9.17, 15) is 4.21 Å². The van der Waals surface area contributed by atoms with Crippen molar-refractivity contribution in [3.63, 3.8) is 0 Å². The van der Waals surface area contributed by atoms with Gasteiger partial charge >= 0.3 is 0 Å². The molecule has 0 aliphatic heterocycles. The third kappa shape index (κ3) is 3.54. The minimum Gasteiger partial charge on any atom is -0.497 e. The molecule has 1 aromatic carbocycles. The van der Waals surface area contributed by atoms with Crippen molar-refractivity contribution in [2.75, 3.05) is 18.6 Å². The van der Waals surface area contributed by atoms with Gasteiger partial charge in [-0.1, -0.05) is 6.07 Å². The molecule has 2 rings (SSSR count). The van der Waals surface area contributed by atoms with Crippen LogP contribution < -0.4 is 10.5 Å². The van der Waals surface area contributed by atoms with Gasteiger partial charge in [0.15, 0.2) is 0 Å². The van der Waals surface area contributed by atoms with Gasteiger partial charge < -0.3 is 10.5 Å². The van der Waals surface area contributed by atoms with E-state index in [4.69, 9.17) is 10.5 Å². The highest BCUT2D eigenvalue weighted by atomic mass is 32.2. The van der Waals surface area contributed by atoms with E-state index < -0.39 is 10.8 Å². The predicted molar refractivity (Wildman–Crippen MR) is 76.6 cm³/mol. The van der Waals surface area contributed by atoms with E-state index in [1.165, 1.54) is 0 Å². The van der Waals surface area contributed by atoms with Crippen molar-refractivity contribution in [2.45, 2.75) is 11.3 Å². The maximum atomic E-state index is 12.3. The van der Waals surface area contributed by atoms with E-state index in [-0.39, 0.29) is 0 Å². The van der Waals surface area contributed by atoms with Crippen molar-refractivity contribution in [1.29, 1.82) is 0 Å². The number of benzene rings is 1. The molecule has 2 aromatic rings. The van der Waals surface area contributed by atoms with Gasteiger partial charge in [0.25, 0.3) is 0 Å². The largest absolute Gasteiger partial charge is 0.497 e. The van der Waals surface area contributed by atoms with Gasteiger partial charge in [0.1, 0.15) is 5.75 Å². The first kappa shape index (κ1) is 13.5. The topological polar surface area (TPSA) is 65.2 Å². The van der Waals surface area contributed by atoms with Crippen molar-refractivity contribution in [3.05, 3.63) is 48.3 Å². The van der Waals surface area contributed by atoms with Crippen LogP contribution in [0.2, 0.25) is 0 Å². The van der Waals surface area contributed by atoms with Crippen LogP contribution in [-0.2, 0) is 17.2 Å². The average molecular weight is 276 g/mol. The van der Waals surface area contributed by atoms with Crippen LogP contribution in [0.15, 0.2) is 47.6 Å². The van der Waals surface area contributed by atoms with Crippen LogP contribution in [0.1, 0.15) is 5.56 Å². The smallest absolute Gasteiger partial charge is 0.120 e. The lowest BCUT2D eigenvalue weighted by molar-refractivity contribution is 0.413. The van der Waals surface area contributed by atoms with E-state index in [0.717, 1.165) is 5.56 Å². The summed E-state index contributed by atoms with van der Waals surface area (Å²) in [5, 5.41) is 0. The molecule has 2 N–H and O–H groups in total. The zero-order valence-electron chi connectivity index (χ0n) is 10.7. The first-order valence-corrected chi connectivity index (χ1v) is 7.23. The molecule has 4 nitrogen and oxygen atoms in total. The third-order valence-corrected chi connectivity index (χ3v) is 4.18. The van der Waals surface area contributed by atoms with Gasteiger partial charge in [-0.05, 0) is 36.2 Å². The second-order valence-electron chi connectivity index (χ2n) is 4.06. The Morgan fingerprint density at radius 3 is 2.89 bits per heavy atom. The van der Waals surface area contributed by atoms with Gasteiger partial charge in [0.05, 0.1) is 22.8 Å². The maximum Gasteiger partial charge on any atom is 0.120 e. The van der Waals surface area contributed by atoms with Crippen LogP contribution in [0.5, 0.6) is 5.75 Å². The van der Waals surface area contributed by atoms with Gasteiger partial charge in [0, 0.05) is 23.8 Å². The molecule has 0 saturated carbocycles. The Bertz CT molecular complexity index is 573. The molecule has 1 atom stereocenters. The van der Waals surface area contributed by atoms with Crippen LogP contribution in [0, 0.1) is 0 Å². The average Bonchev–Trinajstić information content (AvgIpc) is 2.46.